The maximum Gasteiger partial charge on any atom is 0.225 e. The molecule has 1 aliphatic heterocycles. The van der Waals surface area contributed by atoms with Crippen molar-refractivity contribution in [2.45, 2.75) is 25.8 Å². The molecular weight excluding hydrogens is 467 g/mol. The molecule has 1 atom stereocenters. The van der Waals surface area contributed by atoms with Crippen molar-refractivity contribution >= 4 is 41.5 Å². The highest BCUT2D eigenvalue weighted by atomic mass is 127. The number of halogens is 1. The van der Waals surface area contributed by atoms with Gasteiger partial charge in [0.2, 0.25) is 5.91 Å². The molecule has 0 bridgehead atoms. The molecular formula is C21H27IN4O2. The van der Waals surface area contributed by atoms with Crippen LogP contribution in [0.15, 0.2) is 47.5 Å². The fourth-order valence-electron chi connectivity index (χ4n) is 3.36. The predicted molar refractivity (Wildman–Crippen MR) is 124 cm³/mol. The number of anilines is 1. The minimum absolute atomic E-state index is 0. The number of rotatable bonds is 5. The second-order valence-corrected chi connectivity index (χ2v) is 6.65. The van der Waals surface area contributed by atoms with Crippen molar-refractivity contribution in [3.63, 3.8) is 0 Å². The number of ether oxygens (including phenoxy) is 1. The predicted octanol–water partition coefficient (Wildman–Crippen LogP) is 3.41. The molecule has 0 saturated carbocycles. The number of fused-ring (bicyclic) bond motifs is 1. The maximum absolute atomic E-state index is 12.0. The summed E-state index contributed by atoms with van der Waals surface area (Å²) in [7, 11) is 3.42. The second kappa shape index (κ2) is 10.3. The monoisotopic (exact) mass is 494 g/mol. The summed E-state index contributed by atoms with van der Waals surface area (Å²) in [5.41, 5.74) is 4.31. The summed E-state index contributed by atoms with van der Waals surface area (Å²) in [4.78, 5) is 16.2. The number of hydrogen-bond donors (Lipinski definition) is 3. The van der Waals surface area contributed by atoms with Crippen LogP contribution in [0.2, 0.25) is 0 Å². The van der Waals surface area contributed by atoms with Crippen LogP contribution >= 0.6 is 24.0 Å². The van der Waals surface area contributed by atoms with Crippen molar-refractivity contribution in [3.05, 3.63) is 59.2 Å². The number of methoxy groups -OCH3 is 1. The lowest BCUT2D eigenvalue weighted by atomic mass is 9.90. The van der Waals surface area contributed by atoms with Crippen LogP contribution in [-0.4, -0.2) is 32.6 Å². The Bertz CT molecular complexity index is 854. The Hall–Kier alpha value is -2.29. The molecule has 1 heterocycles. The molecule has 2 aromatic carbocycles. The number of aliphatic imine (C=N–C) groups is 1. The lowest BCUT2D eigenvalue weighted by molar-refractivity contribution is -0.116. The number of hydrogen-bond acceptors (Lipinski definition) is 3. The Labute approximate surface area is 183 Å². The molecule has 1 aliphatic rings. The third-order valence-corrected chi connectivity index (χ3v) is 4.77. The van der Waals surface area contributed by atoms with Gasteiger partial charge in [-0.15, -0.1) is 24.0 Å². The molecule has 0 aliphatic carbocycles. The highest BCUT2D eigenvalue weighted by molar-refractivity contribution is 14.0. The fourth-order valence-corrected chi connectivity index (χ4v) is 3.36. The molecule has 150 valence electrons. The molecule has 1 unspecified atom stereocenters. The van der Waals surface area contributed by atoms with E-state index < -0.39 is 0 Å². The summed E-state index contributed by atoms with van der Waals surface area (Å²) in [5.74, 6) is 1.77. The largest absolute Gasteiger partial charge is 0.496 e. The van der Waals surface area contributed by atoms with E-state index in [1.165, 1.54) is 0 Å². The van der Waals surface area contributed by atoms with Crippen LogP contribution in [0.5, 0.6) is 5.75 Å². The number of aryl methyl sites for hydroxylation is 1. The van der Waals surface area contributed by atoms with Gasteiger partial charge in [0.15, 0.2) is 5.96 Å². The molecule has 3 rings (SSSR count). The normalized spacial score (nSPS) is 15.8. The molecule has 0 aromatic heterocycles. The lowest BCUT2D eigenvalue weighted by Gasteiger charge is -2.26. The average Bonchev–Trinajstić information content (AvgIpc) is 2.68. The van der Waals surface area contributed by atoms with E-state index in [2.05, 4.69) is 33.1 Å². The Balaban J connectivity index is 0.00000280. The number of benzene rings is 2. The van der Waals surface area contributed by atoms with Crippen LogP contribution < -0.4 is 20.7 Å². The standard InChI is InChI=1S/C21H26N4O2.HI/c1-14-10-15(8-9-19(14)27-3)12-23-21(22-2)24-13-16-11-20(26)25-18-7-5-4-6-17(16)18;/h4-10,16H,11-13H2,1-3H3,(H,25,26)(H2,22,23,24);1H. The molecule has 0 spiro atoms. The fraction of sp³-hybridized carbons (Fsp3) is 0.333. The zero-order valence-corrected chi connectivity index (χ0v) is 18.7. The zero-order valence-electron chi connectivity index (χ0n) is 16.4. The van der Waals surface area contributed by atoms with Gasteiger partial charge in [-0.1, -0.05) is 30.3 Å². The third-order valence-electron chi connectivity index (χ3n) is 4.77. The summed E-state index contributed by atoms with van der Waals surface area (Å²) >= 11 is 0. The Morgan fingerprint density at radius 2 is 2.04 bits per heavy atom. The van der Waals surface area contributed by atoms with E-state index in [9.17, 15) is 4.79 Å². The van der Waals surface area contributed by atoms with Gasteiger partial charge in [-0.05, 0) is 35.7 Å². The van der Waals surface area contributed by atoms with Crippen LogP contribution in [0.25, 0.3) is 0 Å². The first-order valence-electron chi connectivity index (χ1n) is 9.07. The van der Waals surface area contributed by atoms with Crippen LogP contribution in [0.3, 0.4) is 0 Å². The number of para-hydroxylation sites is 1. The minimum Gasteiger partial charge on any atom is -0.496 e. The van der Waals surface area contributed by atoms with Gasteiger partial charge in [-0.25, -0.2) is 0 Å². The lowest BCUT2D eigenvalue weighted by Crippen LogP contribution is -2.40. The van der Waals surface area contributed by atoms with Crippen molar-refractivity contribution in [1.82, 2.24) is 10.6 Å². The highest BCUT2D eigenvalue weighted by Gasteiger charge is 2.24. The van der Waals surface area contributed by atoms with Gasteiger partial charge in [0, 0.05) is 38.2 Å². The summed E-state index contributed by atoms with van der Waals surface area (Å²) in [5, 5.41) is 9.59. The van der Waals surface area contributed by atoms with E-state index in [0.717, 1.165) is 28.1 Å². The smallest absolute Gasteiger partial charge is 0.225 e. The van der Waals surface area contributed by atoms with Gasteiger partial charge >= 0.3 is 0 Å². The Morgan fingerprint density at radius 1 is 1.25 bits per heavy atom. The van der Waals surface area contributed by atoms with Crippen LogP contribution in [0.4, 0.5) is 5.69 Å². The SMILES string of the molecule is CN=C(NCc1ccc(OC)c(C)c1)NCC1CC(=O)Nc2ccccc21.I. The number of carbonyl (C=O) groups is 1. The van der Waals surface area contributed by atoms with E-state index in [4.69, 9.17) is 4.74 Å². The number of carbonyl (C=O) groups excluding carboxylic acids is 1. The van der Waals surface area contributed by atoms with E-state index in [0.29, 0.717) is 25.5 Å². The number of guanidine groups is 1. The van der Waals surface area contributed by atoms with E-state index in [1.54, 1.807) is 14.2 Å². The Morgan fingerprint density at radius 3 is 2.75 bits per heavy atom. The molecule has 7 heteroatoms. The summed E-state index contributed by atoms with van der Waals surface area (Å²) < 4.78 is 5.30. The molecule has 1 amide bonds. The highest BCUT2D eigenvalue weighted by Crippen LogP contribution is 2.31. The second-order valence-electron chi connectivity index (χ2n) is 6.65. The number of nitrogens with zero attached hydrogens (tertiary/aromatic N) is 1. The molecule has 2 aromatic rings. The molecule has 28 heavy (non-hydrogen) atoms. The molecule has 0 saturated heterocycles. The van der Waals surface area contributed by atoms with Crippen LogP contribution in [0.1, 0.15) is 29.0 Å². The number of nitrogens with one attached hydrogen (secondary N) is 3. The molecule has 0 fully saturated rings. The minimum atomic E-state index is 0. The van der Waals surface area contributed by atoms with Crippen molar-refractivity contribution in [2.75, 3.05) is 26.0 Å². The van der Waals surface area contributed by atoms with Gasteiger partial charge in [0.05, 0.1) is 7.11 Å². The van der Waals surface area contributed by atoms with Gasteiger partial charge in [-0.2, -0.15) is 0 Å². The first-order chi connectivity index (χ1) is 13.1. The zero-order chi connectivity index (χ0) is 19.2. The van der Waals surface area contributed by atoms with Crippen molar-refractivity contribution < 1.29 is 9.53 Å². The third kappa shape index (κ3) is 5.37. The number of amides is 1. The van der Waals surface area contributed by atoms with Crippen molar-refractivity contribution in [2.24, 2.45) is 4.99 Å². The molecule has 3 N–H and O–H groups in total. The van der Waals surface area contributed by atoms with Gasteiger partial charge < -0.3 is 20.7 Å². The first-order valence-corrected chi connectivity index (χ1v) is 9.07. The summed E-state index contributed by atoms with van der Waals surface area (Å²) in [6.07, 6.45) is 0.471. The van der Waals surface area contributed by atoms with E-state index in [1.807, 2.05) is 37.3 Å². The van der Waals surface area contributed by atoms with E-state index >= 15 is 0 Å². The molecule has 0 radical (unpaired) electrons. The quantitative estimate of drug-likeness (QED) is 0.339. The summed E-state index contributed by atoms with van der Waals surface area (Å²) in [6.45, 7) is 3.33. The van der Waals surface area contributed by atoms with Crippen molar-refractivity contribution in [1.29, 1.82) is 0 Å². The maximum atomic E-state index is 12.0. The molecule has 6 nitrogen and oxygen atoms in total. The first kappa shape index (κ1) is 22.0. The van der Waals surface area contributed by atoms with Gasteiger partial charge in [0.25, 0.3) is 0 Å². The van der Waals surface area contributed by atoms with Crippen LogP contribution in [0, 0.1) is 6.92 Å². The average molecular weight is 494 g/mol. The van der Waals surface area contributed by atoms with Gasteiger partial charge in [-0.3, -0.25) is 9.79 Å². The summed E-state index contributed by atoms with van der Waals surface area (Å²) in [6, 6.07) is 14.1. The Kier molecular flexibility index (Phi) is 8.10. The van der Waals surface area contributed by atoms with Crippen LogP contribution in [-0.2, 0) is 11.3 Å². The topological polar surface area (TPSA) is 74.8 Å². The van der Waals surface area contributed by atoms with E-state index in [-0.39, 0.29) is 35.8 Å². The van der Waals surface area contributed by atoms with Crippen molar-refractivity contribution in [3.8, 4) is 5.75 Å². The van der Waals surface area contributed by atoms with Gasteiger partial charge in [0.1, 0.15) is 5.75 Å².